The van der Waals surface area contributed by atoms with Gasteiger partial charge in [-0.25, -0.2) is 0 Å². The van der Waals surface area contributed by atoms with Crippen molar-refractivity contribution in [2.75, 3.05) is 5.32 Å². The molecule has 2 atom stereocenters. The number of rotatable bonds is 4. The van der Waals surface area contributed by atoms with Crippen LogP contribution in [0.25, 0.3) is 0 Å². The van der Waals surface area contributed by atoms with Crippen LogP contribution in [-0.4, -0.2) is 6.04 Å². The average molecular weight is 243 g/mol. The molecule has 1 N–H and O–H groups in total. The molecule has 2 aliphatic rings. The van der Waals surface area contributed by atoms with Crippen LogP contribution >= 0.6 is 0 Å². The number of aryl methyl sites for hydroxylation is 1. The monoisotopic (exact) mass is 243 g/mol. The fourth-order valence-corrected chi connectivity index (χ4v) is 3.47. The van der Waals surface area contributed by atoms with Crippen LogP contribution in [0.1, 0.15) is 51.0 Å². The maximum atomic E-state index is 3.77. The average Bonchev–Trinajstić information content (AvgIpc) is 3.24. The van der Waals surface area contributed by atoms with E-state index in [1.54, 1.807) is 0 Å². The summed E-state index contributed by atoms with van der Waals surface area (Å²) in [6.07, 6.45) is 9.81. The standard InChI is InChI=1S/C17H25N/c1-2-13-5-3-7-16(11-13)18-17-8-4-6-15(12-17)14-9-10-14/h3,5,7,11,14-15,17-18H,2,4,6,8-10,12H2,1H3. The highest BCUT2D eigenvalue weighted by molar-refractivity contribution is 5.46. The Bertz CT molecular complexity index is 394. The Labute approximate surface area is 111 Å². The van der Waals surface area contributed by atoms with Crippen molar-refractivity contribution in [2.45, 2.75) is 57.9 Å². The molecule has 98 valence electrons. The third-order valence-electron chi connectivity index (χ3n) is 4.71. The Balaban J connectivity index is 1.60. The molecule has 3 rings (SSSR count). The number of hydrogen-bond donors (Lipinski definition) is 1. The fourth-order valence-electron chi connectivity index (χ4n) is 3.47. The van der Waals surface area contributed by atoms with Crippen LogP contribution in [0, 0.1) is 11.8 Å². The molecule has 1 aromatic carbocycles. The van der Waals surface area contributed by atoms with Gasteiger partial charge in [-0.2, -0.15) is 0 Å². The second kappa shape index (κ2) is 5.34. The summed E-state index contributed by atoms with van der Waals surface area (Å²) < 4.78 is 0. The van der Waals surface area contributed by atoms with Crippen molar-refractivity contribution in [3.8, 4) is 0 Å². The third-order valence-corrected chi connectivity index (χ3v) is 4.71. The largest absolute Gasteiger partial charge is 0.382 e. The van der Waals surface area contributed by atoms with E-state index in [4.69, 9.17) is 0 Å². The van der Waals surface area contributed by atoms with Crippen molar-refractivity contribution in [3.05, 3.63) is 29.8 Å². The lowest BCUT2D eigenvalue weighted by molar-refractivity contribution is 0.303. The topological polar surface area (TPSA) is 12.0 Å². The van der Waals surface area contributed by atoms with Gasteiger partial charge in [-0.1, -0.05) is 31.9 Å². The summed E-state index contributed by atoms with van der Waals surface area (Å²) in [5.74, 6) is 2.10. The molecule has 0 amide bonds. The molecule has 0 aromatic heterocycles. The summed E-state index contributed by atoms with van der Waals surface area (Å²) in [6.45, 7) is 2.23. The molecule has 1 heteroatoms. The first-order valence-electron chi connectivity index (χ1n) is 7.70. The quantitative estimate of drug-likeness (QED) is 0.813. The van der Waals surface area contributed by atoms with Crippen LogP contribution in [0.3, 0.4) is 0 Å². The summed E-state index contributed by atoms with van der Waals surface area (Å²) in [6, 6.07) is 9.67. The van der Waals surface area contributed by atoms with Gasteiger partial charge in [0, 0.05) is 11.7 Å². The van der Waals surface area contributed by atoms with Crippen molar-refractivity contribution in [1.29, 1.82) is 0 Å². The SMILES string of the molecule is CCc1cccc(NC2CCCC(C3CC3)C2)c1. The van der Waals surface area contributed by atoms with Crippen LogP contribution in [0.5, 0.6) is 0 Å². The third kappa shape index (κ3) is 2.88. The summed E-state index contributed by atoms with van der Waals surface area (Å²) in [7, 11) is 0. The zero-order valence-corrected chi connectivity index (χ0v) is 11.5. The molecule has 18 heavy (non-hydrogen) atoms. The maximum Gasteiger partial charge on any atom is 0.0345 e. The molecule has 2 aliphatic carbocycles. The molecule has 0 bridgehead atoms. The Morgan fingerprint density at radius 3 is 2.78 bits per heavy atom. The van der Waals surface area contributed by atoms with Gasteiger partial charge in [-0.3, -0.25) is 0 Å². The second-order valence-electron chi connectivity index (χ2n) is 6.16. The van der Waals surface area contributed by atoms with Gasteiger partial charge in [0.25, 0.3) is 0 Å². The van der Waals surface area contributed by atoms with Gasteiger partial charge in [-0.15, -0.1) is 0 Å². The van der Waals surface area contributed by atoms with Crippen molar-refractivity contribution in [3.63, 3.8) is 0 Å². The van der Waals surface area contributed by atoms with Gasteiger partial charge in [0.05, 0.1) is 0 Å². The van der Waals surface area contributed by atoms with E-state index in [0.717, 1.165) is 24.3 Å². The van der Waals surface area contributed by atoms with Crippen molar-refractivity contribution < 1.29 is 0 Å². The molecule has 0 radical (unpaired) electrons. The van der Waals surface area contributed by atoms with Gasteiger partial charge in [0.2, 0.25) is 0 Å². The normalized spacial score (nSPS) is 28.1. The van der Waals surface area contributed by atoms with Gasteiger partial charge in [-0.05, 0) is 61.6 Å². The van der Waals surface area contributed by atoms with Crippen molar-refractivity contribution in [2.24, 2.45) is 11.8 Å². The highest BCUT2D eigenvalue weighted by Gasteiger charge is 2.34. The molecular weight excluding hydrogens is 218 g/mol. The van der Waals surface area contributed by atoms with E-state index in [9.17, 15) is 0 Å². The molecule has 2 fully saturated rings. The first-order chi connectivity index (χ1) is 8.85. The predicted molar refractivity (Wildman–Crippen MR) is 77.9 cm³/mol. The van der Waals surface area contributed by atoms with Crippen molar-refractivity contribution in [1.82, 2.24) is 0 Å². The molecule has 0 saturated heterocycles. The summed E-state index contributed by atoms with van der Waals surface area (Å²) in [5.41, 5.74) is 2.77. The van der Waals surface area contributed by atoms with Crippen LogP contribution in [0.2, 0.25) is 0 Å². The smallest absolute Gasteiger partial charge is 0.0345 e. The van der Waals surface area contributed by atoms with E-state index in [2.05, 4.69) is 36.5 Å². The molecular formula is C17H25N. The molecule has 2 unspecified atom stereocenters. The van der Waals surface area contributed by atoms with Crippen LogP contribution in [0.15, 0.2) is 24.3 Å². The molecule has 1 nitrogen and oxygen atoms in total. The lowest BCUT2D eigenvalue weighted by atomic mass is 9.82. The predicted octanol–water partition coefficient (Wildman–Crippen LogP) is 4.63. The number of anilines is 1. The zero-order chi connectivity index (χ0) is 12.4. The van der Waals surface area contributed by atoms with Gasteiger partial charge < -0.3 is 5.32 Å². The van der Waals surface area contributed by atoms with Gasteiger partial charge in [0.1, 0.15) is 0 Å². The highest BCUT2D eigenvalue weighted by Crippen LogP contribution is 2.44. The van der Waals surface area contributed by atoms with Crippen molar-refractivity contribution >= 4 is 5.69 Å². The highest BCUT2D eigenvalue weighted by atomic mass is 14.9. The van der Waals surface area contributed by atoms with Gasteiger partial charge in [0.15, 0.2) is 0 Å². The van der Waals surface area contributed by atoms with E-state index in [1.165, 1.54) is 49.8 Å². The first-order valence-corrected chi connectivity index (χ1v) is 7.70. The first kappa shape index (κ1) is 12.1. The Morgan fingerprint density at radius 2 is 2.00 bits per heavy atom. The minimum Gasteiger partial charge on any atom is -0.382 e. The minimum atomic E-state index is 0.719. The van der Waals surface area contributed by atoms with Crippen LogP contribution < -0.4 is 5.32 Å². The second-order valence-corrected chi connectivity index (χ2v) is 6.16. The van der Waals surface area contributed by atoms with Gasteiger partial charge >= 0.3 is 0 Å². The Hall–Kier alpha value is -0.980. The molecule has 1 aromatic rings. The number of hydrogen-bond acceptors (Lipinski definition) is 1. The van der Waals surface area contributed by atoms with E-state index in [0.29, 0.717) is 0 Å². The lowest BCUT2D eigenvalue weighted by Gasteiger charge is -2.30. The van der Waals surface area contributed by atoms with Crippen LogP contribution in [0.4, 0.5) is 5.69 Å². The maximum absolute atomic E-state index is 3.77. The number of benzene rings is 1. The fraction of sp³-hybridized carbons (Fsp3) is 0.647. The molecule has 0 aliphatic heterocycles. The minimum absolute atomic E-state index is 0.719. The van der Waals surface area contributed by atoms with E-state index >= 15 is 0 Å². The summed E-state index contributed by atoms with van der Waals surface area (Å²) in [4.78, 5) is 0. The van der Waals surface area contributed by atoms with Crippen LogP contribution in [-0.2, 0) is 6.42 Å². The molecule has 0 spiro atoms. The van der Waals surface area contributed by atoms with E-state index < -0.39 is 0 Å². The molecule has 2 saturated carbocycles. The lowest BCUT2D eigenvalue weighted by Crippen LogP contribution is -2.28. The summed E-state index contributed by atoms with van der Waals surface area (Å²) in [5, 5.41) is 3.77. The Morgan fingerprint density at radius 1 is 1.11 bits per heavy atom. The zero-order valence-electron chi connectivity index (χ0n) is 11.5. The summed E-state index contributed by atoms with van der Waals surface area (Å²) >= 11 is 0. The van der Waals surface area contributed by atoms with E-state index in [-0.39, 0.29) is 0 Å². The molecule has 0 heterocycles. The number of nitrogens with one attached hydrogen (secondary N) is 1. The Kier molecular flexibility index (Phi) is 3.58. The van der Waals surface area contributed by atoms with E-state index in [1.807, 2.05) is 0 Å².